The number of methoxy groups -OCH3 is 2. The molecular formula is C70H70N2O10. The Balaban J connectivity index is 0.967. The molecule has 0 amide bonds. The number of ether oxygens (including phenoxy) is 6. The van der Waals surface area contributed by atoms with Crippen molar-refractivity contribution >= 4 is 23.9 Å². The summed E-state index contributed by atoms with van der Waals surface area (Å²) >= 11 is 0. The minimum absolute atomic E-state index is 0.128. The molecule has 0 aromatic heterocycles. The van der Waals surface area contributed by atoms with Crippen LogP contribution in [0.25, 0.3) is 0 Å². The standard InChI is InChI=1S/C70H70N2O10/c1-49(71-45-43-63(53-17-9-5-10-18-53)54-19-11-6-12-20-54)67(57-33-37-61(38-34-57)79-47-51-25-29-59(30-26-51)69(75)77-3)81-65(73)41-42-66(74)82-68(50(2)72-46-44-64(55-21-13-7-14-22-55)56-23-15-8-16-24-56)58-35-39-62(40-36-58)80-48-52-27-31-60(32-28-52)70(76)78-4/h5-42,49-50,63-64,67-68,71-72H,43-48H2,1-4H3/b42-41-. The fourth-order valence-corrected chi connectivity index (χ4v) is 9.85. The predicted molar refractivity (Wildman–Crippen MR) is 318 cm³/mol. The zero-order valence-corrected chi connectivity index (χ0v) is 46.7. The minimum Gasteiger partial charge on any atom is -0.489 e. The molecule has 0 heterocycles. The van der Waals surface area contributed by atoms with E-state index in [0.717, 1.165) is 36.1 Å². The van der Waals surface area contributed by atoms with E-state index >= 15 is 0 Å². The van der Waals surface area contributed by atoms with Crippen molar-refractivity contribution in [2.45, 2.75) is 76.0 Å². The number of hydrogen-bond donors (Lipinski definition) is 2. The second-order valence-electron chi connectivity index (χ2n) is 20.0. The van der Waals surface area contributed by atoms with Crippen LogP contribution in [0, 0.1) is 0 Å². The smallest absolute Gasteiger partial charge is 0.337 e. The number of benzene rings is 8. The van der Waals surface area contributed by atoms with Crippen LogP contribution in [0.4, 0.5) is 0 Å². The van der Waals surface area contributed by atoms with E-state index in [1.807, 2.05) is 111 Å². The van der Waals surface area contributed by atoms with E-state index in [9.17, 15) is 19.2 Å². The van der Waals surface area contributed by atoms with Crippen molar-refractivity contribution in [1.82, 2.24) is 10.6 Å². The number of rotatable bonds is 28. The molecule has 8 aromatic carbocycles. The molecule has 0 aliphatic rings. The van der Waals surface area contributed by atoms with Crippen LogP contribution >= 0.6 is 0 Å². The van der Waals surface area contributed by atoms with Gasteiger partial charge in [0.05, 0.1) is 25.3 Å². The summed E-state index contributed by atoms with van der Waals surface area (Å²) in [6, 6.07) is 69.6. The van der Waals surface area contributed by atoms with E-state index in [4.69, 9.17) is 28.4 Å². The molecule has 4 unspecified atom stereocenters. The first-order chi connectivity index (χ1) is 40.0. The zero-order chi connectivity index (χ0) is 57.5. The Morgan fingerprint density at radius 3 is 0.988 bits per heavy atom. The van der Waals surface area contributed by atoms with E-state index in [0.29, 0.717) is 46.8 Å². The van der Waals surface area contributed by atoms with Gasteiger partial charge in [-0.25, -0.2) is 19.2 Å². The number of hydrogen-bond acceptors (Lipinski definition) is 12. The fraction of sp³-hybridized carbons (Fsp3) is 0.229. The number of nitrogens with one attached hydrogen (secondary N) is 2. The SMILES string of the molecule is COC(=O)c1ccc(COc2ccc(C(OC(=O)/C=C\C(=O)OC(c3ccc(OCc4ccc(C(=O)OC)cc4)cc3)C(C)NCCC(c3ccccc3)c3ccccc3)C(C)NCCC(c3ccccc3)c3ccccc3)cc2)cc1. The summed E-state index contributed by atoms with van der Waals surface area (Å²) in [7, 11) is 2.69. The van der Waals surface area contributed by atoms with Gasteiger partial charge in [-0.05, 0) is 133 Å². The molecule has 8 rings (SSSR count). The topological polar surface area (TPSA) is 148 Å². The molecule has 420 valence electrons. The molecule has 0 radical (unpaired) electrons. The highest BCUT2D eigenvalue weighted by Gasteiger charge is 2.27. The summed E-state index contributed by atoms with van der Waals surface area (Å²) in [5.74, 6) is -0.829. The van der Waals surface area contributed by atoms with Crippen molar-refractivity contribution in [2.75, 3.05) is 27.3 Å². The minimum atomic E-state index is -0.771. The quantitative estimate of drug-likeness (QED) is 0.0273. The molecule has 8 aromatic rings. The summed E-state index contributed by atoms with van der Waals surface area (Å²) in [5.41, 5.74) is 8.87. The van der Waals surface area contributed by atoms with Gasteiger partial charge in [0.15, 0.2) is 0 Å². The van der Waals surface area contributed by atoms with Crippen molar-refractivity contribution in [3.05, 3.63) is 286 Å². The van der Waals surface area contributed by atoms with Gasteiger partial charge in [0.25, 0.3) is 0 Å². The third-order valence-corrected chi connectivity index (χ3v) is 14.3. The van der Waals surface area contributed by atoms with Crippen LogP contribution in [0.5, 0.6) is 11.5 Å². The second kappa shape index (κ2) is 30.5. The van der Waals surface area contributed by atoms with Crippen molar-refractivity contribution < 1.29 is 47.6 Å². The highest BCUT2D eigenvalue weighted by atomic mass is 16.6. The molecule has 0 bridgehead atoms. The lowest BCUT2D eigenvalue weighted by atomic mass is 9.88. The third-order valence-electron chi connectivity index (χ3n) is 14.3. The Bertz CT molecular complexity index is 2970. The van der Waals surface area contributed by atoms with Gasteiger partial charge in [-0.1, -0.05) is 170 Å². The van der Waals surface area contributed by atoms with Crippen molar-refractivity contribution in [1.29, 1.82) is 0 Å². The summed E-state index contributed by atoms with van der Waals surface area (Å²) in [6.45, 7) is 5.68. The monoisotopic (exact) mass is 1100 g/mol. The van der Waals surface area contributed by atoms with Gasteiger partial charge in [-0.3, -0.25) is 0 Å². The second-order valence-corrected chi connectivity index (χ2v) is 20.0. The summed E-state index contributed by atoms with van der Waals surface area (Å²) in [4.78, 5) is 51.8. The predicted octanol–water partition coefficient (Wildman–Crippen LogP) is 13.2. The van der Waals surface area contributed by atoms with Crippen molar-refractivity contribution in [2.24, 2.45) is 0 Å². The van der Waals surface area contributed by atoms with Crippen LogP contribution in [-0.2, 0) is 41.8 Å². The Morgan fingerprint density at radius 1 is 0.390 bits per heavy atom. The highest BCUT2D eigenvalue weighted by Crippen LogP contribution is 2.32. The van der Waals surface area contributed by atoms with E-state index in [1.165, 1.54) is 36.5 Å². The average Bonchev–Trinajstić information content (AvgIpc) is 3.63. The molecule has 82 heavy (non-hydrogen) atoms. The van der Waals surface area contributed by atoms with Gasteiger partial charge < -0.3 is 39.1 Å². The van der Waals surface area contributed by atoms with Crippen LogP contribution in [0.2, 0.25) is 0 Å². The molecule has 0 aliphatic heterocycles. The molecule has 0 saturated heterocycles. The van der Waals surface area contributed by atoms with Crippen LogP contribution in [0.3, 0.4) is 0 Å². The highest BCUT2D eigenvalue weighted by molar-refractivity contribution is 5.92. The van der Waals surface area contributed by atoms with Crippen LogP contribution in [0.15, 0.2) is 231 Å². The lowest BCUT2D eigenvalue weighted by Gasteiger charge is -2.27. The van der Waals surface area contributed by atoms with Crippen LogP contribution in [-0.4, -0.2) is 63.3 Å². The Labute approximate surface area is 481 Å². The van der Waals surface area contributed by atoms with E-state index in [2.05, 4.69) is 108 Å². The molecule has 2 N–H and O–H groups in total. The van der Waals surface area contributed by atoms with E-state index in [-0.39, 0.29) is 37.1 Å². The zero-order valence-electron chi connectivity index (χ0n) is 46.7. The Morgan fingerprint density at radius 2 is 0.695 bits per heavy atom. The Hall–Kier alpha value is -9.10. The summed E-state index contributed by atoms with van der Waals surface area (Å²) in [5, 5.41) is 7.28. The lowest BCUT2D eigenvalue weighted by molar-refractivity contribution is -0.147. The normalized spacial score (nSPS) is 12.7. The van der Waals surface area contributed by atoms with Gasteiger partial charge >= 0.3 is 23.9 Å². The van der Waals surface area contributed by atoms with Gasteiger partial charge in [0, 0.05) is 36.1 Å². The number of carbonyl (C=O) groups excluding carboxylic acids is 4. The number of carbonyl (C=O) groups is 4. The molecule has 12 heteroatoms. The first-order valence-corrected chi connectivity index (χ1v) is 27.6. The molecule has 4 atom stereocenters. The molecular weight excluding hydrogens is 1030 g/mol. The third kappa shape index (κ3) is 17.2. The van der Waals surface area contributed by atoms with Crippen molar-refractivity contribution in [3.63, 3.8) is 0 Å². The maximum Gasteiger partial charge on any atom is 0.337 e. The first kappa shape index (κ1) is 59.0. The summed E-state index contributed by atoms with van der Waals surface area (Å²) < 4.78 is 34.3. The molecule has 0 spiro atoms. The maximum atomic E-state index is 13.9. The van der Waals surface area contributed by atoms with Crippen molar-refractivity contribution in [3.8, 4) is 11.5 Å². The molecule has 0 fully saturated rings. The van der Waals surface area contributed by atoms with Crippen LogP contribution < -0.4 is 20.1 Å². The van der Waals surface area contributed by atoms with E-state index < -0.39 is 36.1 Å². The van der Waals surface area contributed by atoms with Crippen LogP contribution in [0.1, 0.15) is 116 Å². The lowest BCUT2D eigenvalue weighted by Crippen LogP contribution is -2.36. The van der Waals surface area contributed by atoms with Gasteiger partial charge in [0.1, 0.15) is 36.9 Å². The van der Waals surface area contributed by atoms with Gasteiger partial charge in [-0.2, -0.15) is 0 Å². The molecule has 0 saturated carbocycles. The summed E-state index contributed by atoms with van der Waals surface area (Å²) in [6.07, 6.45) is 2.23. The van der Waals surface area contributed by atoms with E-state index in [1.54, 1.807) is 24.3 Å². The average molecular weight is 1100 g/mol. The largest absolute Gasteiger partial charge is 0.489 e. The van der Waals surface area contributed by atoms with Gasteiger partial charge in [0.2, 0.25) is 0 Å². The maximum absolute atomic E-state index is 13.9. The number of esters is 4. The molecule has 0 aliphatic carbocycles. The fourth-order valence-electron chi connectivity index (χ4n) is 9.85. The Kier molecular flexibility index (Phi) is 21.9. The first-order valence-electron chi connectivity index (χ1n) is 27.6. The van der Waals surface area contributed by atoms with Gasteiger partial charge in [-0.15, -0.1) is 0 Å². The molecule has 12 nitrogen and oxygen atoms in total.